The van der Waals surface area contributed by atoms with Crippen molar-refractivity contribution in [1.82, 2.24) is 9.97 Å². The number of aryl methyl sites for hydroxylation is 1. The van der Waals surface area contributed by atoms with E-state index in [1.165, 1.54) is 0 Å². The molecule has 0 spiro atoms. The second kappa shape index (κ2) is 7.41. The lowest BCUT2D eigenvalue weighted by Crippen LogP contribution is -2.11. The second-order valence-electron chi connectivity index (χ2n) is 6.62. The van der Waals surface area contributed by atoms with E-state index >= 15 is 0 Å². The van der Waals surface area contributed by atoms with Crippen LogP contribution in [0.15, 0.2) is 60.7 Å². The van der Waals surface area contributed by atoms with E-state index in [9.17, 15) is 9.59 Å². The fourth-order valence-electron chi connectivity index (χ4n) is 3.11. The number of anilines is 1. The van der Waals surface area contributed by atoms with Crippen LogP contribution in [0.1, 0.15) is 26.3 Å². The number of H-pyrrole nitrogens is 1. The van der Waals surface area contributed by atoms with Crippen molar-refractivity contribution < 1.29 is 14.7 Å². The molecule has 0 fully saturated rings. The van der Waals surface area contributed by atoms with Crippen LogP contribution in [-0.2, 0) is 0 Å². The Morgan fingerprint density at radius 2 is 1.83 bits per heavy atom. The number of hydrogen-bond acceptors (Lipinski definition) is 3. The van der Waals surface area contributed by atoms with Crippen molar-refractivity contribution in [3.63, 3.8) is 0 Å². The highest BCUT2D eigenvalue weighted by molar-refractivity contribution is 6.31. The van der Waals surface area contributed by atoms with Crippen LogP contribution in [0.3, 0.4) is 0 Å². The van der Waals surface area contributed by atoms with Crippen LogP contribution in [0.4, 0.5) is 5.69 Å². The third-order valence-electron chi connectivity index (χ3n) is 4.56. The Morgan fingerprint density at radius 3 is 2.55 bits per heavy atom. The SMILES string of the molecule is Cc1cc(C(=O)O)ccc1-c1nc2ccc(C(=O)Nc3cccc(Cl)c3)cc2[nH]1. The summed E-state index contributed by atoms with van der Waals surface area (Å²) in [5.74, 6) is -0.617. The highest BCUT2D eigenvalue weighted by Crippen LogP contribution is 2.25. The molecule has 1 heterocycles. The van der Waals surface area contributed by atoms with Gasteiger partial charge in [-0.3, -0.25) is 4.79 Å². The van der Waals surface area contributed by atoms with Crippen LogP contribution in [0, 0.1) is 6.92 Å². The van der Waals surface area contributed by atoms with Gasteiger partial charge in [-0.15, -0.1) is 0 Å². The number of benzene rings is 3. The number of halogens is 1. The summed E-state index contributed by atoms with van der Waals surface area (Å²) in [4.78, 5) is 31.5. The molecule has 1 aromatic heterocycles. The predicted octanol–water partition coefficient (Wildman–Crippen LogP) is 5.14. The first-order chi connectivity index (χ1) is 13.9. The van der Waals surface area contributed by atoms with Crippen LogP contribution in [0.2, 0.25) is 5.02 Å². The quantitative estimate of drug-likeness (QED) is 0.438. The largest absolute Gasteiger partial charge is 0.478 e. The number of carboxylic acid groups (broad SMARTS) is 1. The third-order valence-corrected chi connectivity index (χ3v) is 4.79. The Kier molecular flexibility index (Phi) is 4.78. The average molecular weight is 406 g/mol. The van der Waals surface area contributed by atoms with Gasteiger partial charge in [0.05, 0.1) is 16.6 Å². The number of nitrogens with one attached hydrogen (secondary N) is 2. The lowest BCUT2D eigenvalue weighted by atomic mass is 10.0. The Bertz CT molecular complexity index is 1260. The van der Waals surface area contributed by atoms with Gasteiger partial charge in [0.25, 0.3) is 5.91 Å². The van der Waals surface area contributed by atoms with Gasteiger partial charge in [-0.05, 0) is 61.0 Å². The molecule has 0 aliphatic heterocycles. The van der Waals surface area contributed by atoms with E-state index in [-0.39, 0.29) is 11.5 Å². The smallest absolute Gasteiger partial charge is 0.335 e. The van der Waals surface area contributed by atoms with E-state index in [1.807, 2.05) is 6.92 Å². The van der Waals surface area contributed by atoms with Crippen molar-refractivity contribution in [2.45, 2.75) is 6.92 Å². The molecule has 0 saturated carbocycles. The number of aromatic nitrogens is 2. The summed E-state index contributed by atoms with van der Waals surface area (Å²) >= 11 is 5.96. The van der Waals surface area contributed by atoms with Gasteiger partial charge in [-0.2, -0.15) is 0 Å². The predicted molar refractivity (Wildman–Crippen MR) is 113 cm³/mol. The molecular weight excluding hydrogens is 390 g/mol. The first-order valence-electron chi connectivity index (χ1n) is 8.82. The fourth-order valence-corrected chi connectivity index (χ4v) is 3.30. The second-order valence-corrected chi connectivity index (χ2v) is 7.05. The molecule has 0 atom stereocenters. The maximum Gasteiger partial charge on any atom is 0.335 e. The Balaban J connectivity index is 1.64. The summed E-state index contributed by atoms with van der Waals surface area (Å²) < 4.78 is 0. The van der Waals surface area contributed by atoms with Gasteiger partial charge in [0.15, 0.2) is 0 Å². The lowest BCUT2D eigenvalue weighted by Gasteiger charge is -2.05. The molecule has 0 unspecified atom stereocenters. The topological polar surface area (TPSA) is 95.1 Å². The van der Waals surface area contributed by atoms with E-state index < -0.39 is 5.97 Å². The number of carbonyl (C=O) groups excluding carboxylic acids is 1. The van der Waals surface area contributed by atoms with Crippen LogP contribution < -0.4 is 5.32 Å². The van der Waals surface area contributed by atoms with E-state index in [4.69, 9.17) is 16.7 Å². The highest BCUT2D eigenvalue weighted by Gasteiger charge is 2.13. The van der Waals surface area contributed by atoms with E-state index in [1.54, 1.807) is 60.7 Å². The molecule has 0 aliphatic carbocycles. The summed E-state index contributed by atoms with van der Waals surface area (Å²) in [6.07, 6.45) is 0. The zero-order valence-electron chi connectivity index (χ0n) is 15.4. The number of amides is 1. The first kappa shape index (κ1) is 18.7. The van der Waals surface area contributed by atoms with Gasteiger partial charge in [-0.25, -0.2) is 9.78 Å². The molecule has 3 aromatic carbocycles. The number of aromatic amines is 1. The molecule has 0 radical (unpaired) electrons. The molecule has 3 N–H and O–H groups in total. The van der Waals surface area contributed by atoms with Gasteiger partial charge < -0.3 is 15.4 Å². The van der Waals surface area contributed by atoms with E-state index in [0.717, 1.165) is 11.1 Å². The van der Waals surface area contributed by atoms with E-state index in [2.05, 4.69) is 15.3 Å². The number of aromatic carboxylic acids is 1. The van der Waals surface area contributed by atoms with Crippen molar-refractivity contribution in [2.75, 3.05) is 5.32 Å². The minimum atomic E-state index is -0.973. The molecular formula is C22H16ClN3O3. The van der Waals surface area contributed by atoms with Crippen molar-refractivity contribution in [2.24, 2.45) is 0 Å². The summed E-state index contributed by atoms with van der Waals surface area (Å²) in [7, 11) is 0. The summed E-state index contributed by atoms with van der Waals surface area (Å²) in [5, 5.41) is 12.5. The van der Waals surface area contributed by atoms with Crippen LogP contribution in [0.25, 0.3) is 22.4 Å². The normalized spacial score (nSPS) is 10.8. The van der Waals surface area contributed by atoms with Crippen molar-refractivity contribution in [3.05, 3.63) is 82.4 Å². The highest BCUT2D eigenvalue weighted by atomic mass is 35.5. The van der Waals surface area contributed by atoms with Gasteiger partial charge >= 0.3 is 5.97 Å². The molecule has 4 rings (SSSR count). The average Bonchev–Trinajstić information content (AvgIpc) is 3.10. The third kappa shape index (κ3) is 3.83. The standard InChI is InChI=1S/C22H16ClN3O3/c1-12-9-14(22(28)29)5-7-17(12)20-25-18-8-6-13(10-19(18)26-20)21(27)24-16-4-2-3-15(23)11-16/h2-11H,1H3,(H,24,27)(H,25,26)(H,28,29). The van der Waals surface area contributed by atoms with Crippen molar-refractivity contribution in [3.8, 4) is 11.4 Å². The summed E-state index contributed by atoms with van der Waals surface area (Å²) in [6.45, 7) is 1.83. The fraction of sp³-hybridized carbons (Fsp3) is 0.0455. The minimum Gasteiger partial charge on any atom is -0.478 e. The number of carbonyl (C=O) groups is 2. The van der Waals surface area contributed by atoms with Crippen molar-refractivity contribution in [1.29, 1.82) is 0 Å². The van der Waals surface area contributed by atoms with Gasteiger partial charge in [0.1, 0.15) is 5.82 Å². The Morgan fingerprint density at radius 1 is 1.03 bits per heavy atom. The molecule has 29 heavy (non-hydrogen) atoms. The van der Waals surface area contributed by atoms with Crippen LogP contribution in [-0.4, -0.2) is 27.0 Å². The molecule has 0 bridgehead atoms. The monoisotopic (exact) mass is 405 g/mol. The van der Waals surface area contributed by atoms with Gasteiger partial charge in [0, 0.05) is 21.8 Å². The summed E-state index contributed by atoms with van der Waals surface area (Å²) in [5.41, 5.74) is 4.33. The molecule has 0 aliphatic rings. The molecule has 7 heteroatoms. The maximum absolute atomic E-state index is 12.6. The Labute approximate surface area is 171 Å². The number of nitrogens with zero attached hydrogens (tertiary/aromatic N) is 1. The Hall–Kier alpha value is -3.64. The number of hydrogen-bond donors (Lipinski definition) is 3. The molecule has 144 valence electrons. The molecule has 4 aromatic rings. The minimum absolute atomic E-state index is 0.224. The van der Waals surface area contributed by atoms with Gasteiger partial charge in [0.2, 0.25) is 0 Å². The number of imidazole rings is 1. The number of rotatable bonds is 4. The van der Waals surface area contributed by atoms with Crippen LogP contribution in [0.5, 0.6) is 0 Å². The zero-order valence-corrected chi connectivity index (χ0v) is 16.1. The van der Waals surface area contributed by atoms with E-state index in [0.29, 0.717) is 33.1 Å². The van der Waals surface area contributed by atoms with Crippen LogP contribution >= 0.6 is 11.6 Å². The molecule has 6 nitrogen and oxygen atoms in total. The number of fused-ring (bicyclic) bond motifs is 1. The first-order valence-corrected chi connectivity index (χ1v) is 9.19. The zero-order chi connectivity index (χ0) is 20.5. The number of carboxylic acids is 1. The van der Waals surface area contributed by atoms with Gasteiger partial charge in [-0.1, -0.05) is 23.7 Å². The molecule has 1 amide bonds. The summed E-state index contributed by atoms with van der Waals surface area (Å²) in [6, 6.07) is 17.0. The van der Waals surface area contributed by atoms with Crippen molar-refractivity contribution >= 4 is 40.2 Å². The molecule has 0 saturated heterocycles. The maximum atomic E-state index is 12.6. The lowest BCUT2D eigenvalue weighted by molar-refractivity contribution is 0.0696.